The Hall–Kier alpha value is 0.240. The number of hydrogen-bond acceptors (Lipinski definition) is 0. The maximum Gasteiger partial charge on any atom is 0.431 e. The summed E-state index contributed by atoms with van der Waals surface area (Å²) in [4.78, 5) is 0. The Balaban J connectivity index is 5.07. The molecule has 0 unspecified atom stereocenters. The summed E-state index contributed by atoms with van der Waals surface area (Å²) >= 11 is 1.31. The predicted molar refractivity (Wildman–Crippen MR) is 44.0 cm³/mol. The summed E-state index contributed by atoms with van der Waals surface area (Å²) in [6, 6.07) is 0. The molecule has 0 saturated heterocycles. The lowest BCUT2D eigenvalue weighted by Gasteiger charge is -2.30. The van der Waals surface area contributed by atoms with Gasteiger partial charge in [-0.2, -0.15) is 26.3 Å². The molecule has 0 bridgehead atoms. The zero-order valence-corrected chi connectivity index (χ0v) is 8.97. The maximum atomic E-state index is 12.8. The smallest absolute Gasteiger partial charge is 0.224 e. The van der Waals surface area contributed by atoms with Crippen LogP contribution in [0.5, 0.6) is 0 Å². The lowest BCUT2D eigenvalue weighted by Crippen LogP contribution is -2.54. The fourth-order valence-electron chi connectivity index (χ4n) is 0.780. The fraction of sp³-hybridized carbons (Fsp3) is 1.00. The molecule has 0 saturated carbocycles. The van der Waals surface area contributed by atoms with Crippen molar-refractivity contribution < 1.29 is 30.7 Å². The predicted octanol–water partition coefficient (Wildman–Crippen LogP) is 4.03. The normalized spacial score (nSPS) is 16.9. The van der Waals surface area contributed by atoms with Crippen molar-refractivity contribution in [2.45, 2.75) is 35.3 Å². The van der Waals surface area contributed by atoms with Gasteiger partial charge in [-0.1, -0.05) is 29.5 Å². The van der Waals surface area contributed by atoms with Crippen LogP contribution in [0.3, 0.4) is 0 Å². The number of alkyl halides is 8. The molecule has 0 rings (SSSR count). The molecule has 14 heavy (non-hydrogen) atoms. The van der Waals surface area contributed by atoms with Crippen molar-refractivity contribution in [3.05, 3.63) is 0 Å². The molecular formula is C6H6F7I. The molecule has 0 fully saturated rings. The van der Waals surface area contributed by atoms with Gasteiger partial charge in [-0.15, -0.1) is 0 Å². The van der Waals surface area contributed by atoms with Gasteiger partial charge in [0.2, 0.25) is 0 Å². The van der Waals surface area contributed by atoms with Crippen LogP contribution in [0.15, 0.2) is 0 Å². The van der Waals surface area contributed by atoms with E-state index in [2.05, 4.69) is 0 Å². The highest BCUT2D eigenvalue weighted by molar-refractivity contribution is 14.1. The first-order valence-electron chi connectivity index (χ1n) is 3.38. The Morgan fingerprint density at radius 1 is 0.929 bits per heavy atom. The molecule has 0 aliphatic rings. The third-order valence-electron chi connectivity index (χ3n) is 1.46. The molecule has 0 aliphatic heterocycles. The molecule has 0 amide bonds. The van der Waals surface area contributed by atoms with Crippen molar-refractivity contribution >= 4 is 22.6 Å². The molecule has 0 aromatic heterocycles. The van der Waals surface area contributed by atoms with Gasteiger partial charge in [0.15, 0.2) is 0 Å². The molecule has 0 heterocycles. The lowest BCUT2D eigenvalue weighted by atomic mass is 9.99. The van der Waals surface area contributed by atoms with E-state index in [0.717, 1.165) is 6.92 Å². The van der Waals surface area contributed by atoms with Crippen molar-refractivity contribution in [1.29, 1.82) is 0 Å². The summed E-state index contributed by atoms with van der Waals surface area (Å²) in [5.74, 6) is 0. The topological polar surface area (TPSA) is 0 Å². The fourth-order valence-corrected chi connectivity index (χ4v) is 1.39. The highest BCUT2D eigenvalue weighted by Crippen LogP contribution is 2.49. The van der Waals surface area contributed by atoms with Crippen molar-refractivity contribution in [2.75, 3.05) is 0 Å². The van der Waals surface area contributed by atoms with Crippen molar-refractivity contribution in [2.24, 2.45) is 0 Å². The lowest BCUT2D eigenvalue weighted by molar-refractivity contribution is -0.342. The van der Waals surface area contributed by atoms with Crippen LogP contribution < -0.4 is 0 Å². The van der Waals surface area contributed by atoms with Gasteiger partial charge >= 0.3 is 12.4 Å². The van der Waals surface area contributed by atoms with E-state index in [-0.39, 0.29) is 0 Å². The van der Waals surface area contributed by atoms with Gasteiger partial charge in [0.25, 0.3) is 5.67 Å². The van der Waals surface area contributed by atoms with Crippen LogP contribution in [0.2, 0.25) is 0 Å². The van der Waals surface area contributed by atoms with Gasteiger partial charge in [-0.05, 0) is 0 Å². The van der Waals surface area contributed by atoms with E-state index in [0.29, 0.717) is 0 Å². The third-order valence-corrected chi connectivity index (χ3v) is 1.90. The molecule has 0 aliphatic carbocycles. The standard InChI is InChI=1S/C6H6F7I/c1-3(14)2-4(7,5(8,9)10)6(11,12)13/h3H,2H2,1H3/t3-/m1/s1. The Bertz CT molecular complexity index is 177. The van der Waals surface area contributed by atoms with Gasteiger partial charge in [-0.25, -0.2) is 4.39 Å². The van der Waals surface area contributed by atoms with Gasteiger partial charge in [0.1, 0.15) is 0 Å². The molecular weight excluding hydrogens is 332 g/mol. The summed E-state index contributed by atoms with van der Waals surface area (Å²) in [5.41, 5.74) is -5.11. The van der Waals surface area contributed by atoms with Crippen LogP contribution >= 0.6 is 22.6 Å². The van der Waals surface area contributed by atoms with Crippen molar-refractivity contribution in [1.82, 2.24) is 0 Å². The summed E-state index contributed by atoms with van der Waals surface area (Å²) in [7, 11) is 0. The zero-order chi connectivity index (χ0) is 11.8. The van der Waals surface area contributed by atoms with Crippen LogP contribution in [0.4, 0.5) is 30.7 Å². The summed E-state index contributed by atoms with van der Waals surface area (Å²) in [6.07, 6.45) is -13.5. The van der Waals surface area contributed by atoms with Crippen LogP contribution in [0, 0.1) is 0 Å². The van der Waals surface area contributed by atoms with Crippen LogP contribution in [-0.4, -0.2) is 21.9 Å². The average molecular weight is 338 g/mol. The second-order valence-corrected chi connectivity index (χ2v) is 4.91. The molecule has 0 N–H and O–H groups in total. The molecule has 86 valence electrons. The molecule has 1 atom stereocenters. The summed E-state index contributed by atoms with van der Waals surface area (Å²) in [5, 5.41) is 0. The molecule has 0 radical (unpaired) electrons. The average Bonchev–Trinajstić information content (AvgIpc) is 1.79. The van der Waals surface area contributed by atoms with Crippen LogP contribution in [0.1, 0.15) is 13.3 Å². The SMILES string of the molecule is C[C@@H](I)CC(F)(C(F)(F)F)C(F)(F)F. The van der Waals surface area contributed by atoms with E-state index < -0.39 is 28.4 Å². The zero-order valence-electron chi connectivity index (χ0n) is 6.81. The van der Waals surface area contributed by atoms with Crippen LogP contribution in [-0.2, 0) is 0 Å². The minimum atomic E-state index is -5.93. The first kappa shape index (κ1) is 14.2. The monoisotopic (exact) mass is 338 g/mol. The molecule has 0 nitrogen and oxygen atoms in total. The second-order valence-electron chi connectivity index (χ2n) is 2.78. The van der Waals surface area contributed by atoms with E-state index in [1.165, 1.54) is 22.6 Å². The Kier molecular flexibility index (Phi) is 4.08. The van der Waals surface area contributed by atoms with Crippen LogP contribution in [0.25, 0.3) is 0 Å². The second kappa shape index (κ2) is 4.01. The number of hydrogen-bond donors (Lipinski definition) is 0. The Morgan fingerprint density at radius 3 is 1.29 bits per heavy atom. The first-order chi connectivity index (χ1) is 5.92. The maximum absolute atomic E-state index is 12.8. The third kappa shape index (κ3) is 2.86. The Morgan fingerprint density at radius 2 is 1.21 bits per heavy atom. The first-order valence-corrected chi connectivity index (χ1v) is 4.63. The van der Waals surface area contributed by atoms with Gasteiger partial charge in [0.05, 0.1) is 0 Å². The summed E-state index contributed by atoms with van der Waals surface area (Å²) < 4.78 is 82.9. The summed E-state index contributed by atoms with van der Waals surface area (Å²) in [6.45, 7) is 1.08. The molecule has 0 spiro atoms. The van der Waals surface area contributed by atoms with Gasteiger partial charge < -0.3 is 0 Å². The number of rotatable bonds is 2. The highest BCUT2D eigenvalue weighted by atomic mass is 127. The number of halogens is 8. The Labute approximate surface area is 89.0 Å². The molecule has 0 aromatic rings. The van der Waals surface area contributed by atoms with E-state index >= 15 is 0 Å². The minimum Gasteiger partial charge on any atom is -0.224 e. The van der Waals surface area contributed by atoms with Crippen molar-refractivity contribution in [3.8, 4) is 0 Å². The van der Waals surface area contributed by atoms with Crippen molar-refractivity contribution in [3.63, 3.8) is 0 Å². The quantitative estimate of drug-likeness (QED) is 0.405. The minimum absolute atomic E-state index is 1.07. The van der Waals surface area contributed by atoms with Gasteiger partial charge in [-0.3, -0.25) is 0 Å². The van der Waals surface area contributed by atoms with E-state index in [9.17, 15) is 30.7 Å². The van der Waals surface area contributed by atoms with E-state index in [1.54, 1.807) is 0 Å². The largest absolute Gasteiger partial charge is 0.431 e. The van der Waals surface area contributed by atoms with E-state index in [4.69, 9.17) is 0 Å². The van der Waals surface area contributed by atoms with Gasteiger partial charge in [0, 0.05) is 10.3 Å². The highest BCUT2D eigenvalue weighted by Gasteiger charge is 2.72. The van der Waals surface area contributed by atoms with E-state index in [1.807, 2.05) is 0 Å². The molecule has 8 heteroatoms. The molecule has 0 aromatic carbocycles.